The zero-order valence-corrected chi connectivity index (χ0v) is 45.7. The molecule has 8 rings (SSSR count). The van der Waals surface area contributed by atoms with Crippen molar-refractivity contribution in [2.75, 3.05) is 31.1 Å². The average Bonchev–Trinajstić information content (AvgIpc) is 3.91. The highest BCUT2D eigenvalue weighted by Gasteiger charge is 2.60. The molecule has 7 fully saturated rings. The van der Waals surface area contributed by atoms with Crippen LogP contribution in [-0.4, -0.2) is 190 Å². The first-order valence-corrected chi connectivity index (χ1v) is 29.4. The fraction of sp³-hybridized carbons (Fsp3) is 0.943. The zero-order valence-electron chi connectivity index (χ0n) is 44.9. The summed E-state index contributed by atoms with van der Waals surface area (Å²) in [5.41, 5.74) is 39.0. The molecule has 3 aliphatic heterocycles. The topological polar surface area (TPSA) is 371 Å². The first-order valence-electron chi connectivity index (χ1n) is 28.3. The van der Waals surface area contributed by atoms with Crippen LogP contribution in [0.25, 0.3) is 0 Å². The minimum atomic E-state index is -1.57. The van der Waals surface area contributed by atoms with E-state index in [2.05, 4.69) is 46.0 Å². The minimum Gasteiger partial charge on any atom is -0.446 e. The van der Waals surface area contributed by atoms with Gasteiger partial charge in [-0.25, -0.2) is 4.79 Å². The van der Waals surface area contributed by atoms with Crippen molar-refractivity contribution >= 4 is 17.9 Å². The summed E-state index contributed by atoms with van der Waals surface area (Å²) in [5, 5.41) is 68.7. The van der Waals surface area contributed by atoms with Gasteiger partial charge in [-0.3, -0.25) is 0 Å². The number of aliphatic hydroxyl groups is 6. The Morgan fingerprint density at radius 1 is 0.733 bits per heavy atom. The molecular weight excluding hydrogens is 991 g/mol. The third kappa shape index (κ3) is 12.4. The molecule has 0 bridgehead atoms. The van der Waals surface area contributed by atoms with E-state index in [0.29, 0.717) is 17.1 Å². The number of hydrogen-bond acceptors (Lipinski definition) is 21. The quantitative estimate of drug-likeness (QED) is 0.0597. The Bertz CT molecular complexity index is 1900. The van der Waals surface area contributed by atoms with Crippen LogP contribution < -0.4 is 39.7 Å². The van der Waals surface area contributed by atoms with Crippen molar-refractivity contribution in [3.05, 3.63) is 11.6 Å². The van der Waals surface area contributed by atoms with Gasteiger partial charge < -0.3 is 104 Å². The molecule has 21 nitrogen and oxygen atoms in total. The summed E-state index contributed by atoms with van der Waals surface area (Å²) in [4.78, 5) is 13.3. The molecule has 0 radical (unpaired) electrons. The van der Waals surface area contributed by atoms with Crippen LogP contribution in [0.1, 0.15) is 112 Å². The molecule has 22 heteroatoms. The number of rotatable bonds is 19. The molecule has 8 aliphatic rings. The molecule has 0 spiro atoms. The molecule has 27 atom stereocenters. The second kappa shape index (κ2) is 25.2. The molecule has 3 heterocycles. The third-order valence-electron chi connectivity index (χ3n) is 19.5. The summed E-state index contributed by atoms with van der Waals surface area (Å²) in [5.74, 6) is 5.15. The molecule has 5 aliphatic carbocycles. The number of nitrogens with one attached hydrogen (secondary N) is 1. The molecular formula is C53H95N7O14S. The molecule has 1 amide bonds. The van der Waals surface area contributed by atoms with E-state index < -0.39 is 122 Å². The van der Waals surface area contributed by atoms with Gasteiger partial charge in [-0.2, -0.15) is 11.8 Å². The van der Waals surface area contributed by atoms with Crippen LogP contribution in [0.2, 0.25) is 0 Å². The molecule has 0 aromatic rings. The van der Waals surface area contributed by atoms with E-state index in [1.54, 1.807) is 0 Å². The van der Waals surface area contributed by atoms with Crippen molar-refractivity contribution < 1.29 is 68.6 Å². The molecule has 12 unspecified atom stereocenters. The van der Waals surface area contributed by atoms with Crippen LogP contribution in [0.5, 0.6) is 0 Å². The average molecular weight is 1090 g/mol. The number of fused-ring (bicyclic) bond motifs is 5. The maximum Gasteiger partial charge on any atom is 0.407 e. The van der Waals surface area contributed by atoms with Gasteiger partial charge in [-0.05, 0) is 97.7 Å². The summed E-state index contributed by atoms with van der Waals surface area (Å²) in [6.07, 6.45) is -4.58. The number of carbonyl (C=O) groups is 1. The van der Waals surface area contributed by atoms with E-state index >= 15 is 0 Å². The molecule has 0 aromatic heterocycles. The summed E-state index contributed by atoms with van der Waals surface area (Å²) >= 11 is 1.39. The lowest BCUT2D eigenvalue weighted by atomic mass is 9.47. The van der Waals surface area contributed by atoms with Crippen LogP contribution in [0.3, 0.4) is 0 Å². The lowest BCUT2D eigenvalue weighted by Gasteiger charge is -2.58. The van der Waals surface area contributed by atoms with Crippen molar-refractivity contribution in [1.82, 2.24) is 5.32 Å². The number of thioether (sulfide) groups is 1. The number of alkyl carbamates (subject to hydrolysis) is 1. The Labute approximate surface area is 447 Å². The second-order valence-electron chi connectivity index (χ2n) is 24.6. The molecule has 3 saturated heterocycles. The smallest absolute Gasteiger partial charge is 0.407 e. The van der Waals surface area contributed by atoms with Crippen molar-refractivity contribution in [3.63, 3.8) is 0 Å². The highest BCUT2D eigenvalue weighted by molar-refractivity contribution is 7.99. The van der Waals surface area contributed by atoms with Gasteiger partial charge in [0.1, 0.15) is 67.1 Å². The normalized spacial score (nSPS) is 48.4. The summed E-state index contributed by atoms with van der Waals surface area (Å²) in [7, 11) is 0. The van der Waals surface area contributed by atoms with E-state index in [9.17, 15) is 35.4 Å². The zero-order chi connectivity index (χ0) is 54.3. The Morgan fingerprint density at radius 2 is 1.36 bits per heavy atom. The Morgan fingerprint density at radius 3 is 2.00 bits per heavy atom. The Balaban J connectivity index is 0.859. The van der Waals surface area contributed by atoms with Crippen molar-refractivity contribution in [2.45, 2.75) is 234 Å². The van der Waals surface area contributed by atoms with Crippen LogP contribution in [0.4, 0.5) is 4.79 Å². The van der Waals surface area contributed by atoms with Gasteiger partial charge >= 0.3 is 6.09 Å². The maximum atomic E-state index is 13.3. The van der Waals surface area contributed by atoms with Crippen molar-refractivity contribution in [2.24, 2.45) is 80.7 Å². The van der Waals surface area contributed by atoms with Gasteiger partial charge in [0.2, 0.25) is 0 Å². The Kier molecular flexibility index (Phi) is 20.1. The van der Waals surface area contributed by atoms with Crippen LogP contribution >= 0.6 is 11.8 Å². The van der Waals surface area contributed by atoms with E-state index in [0.717, 1.165) is 55.3 Å². The Hall–Kier alpha value is -1.36. The predicted molar refractivity (Wildman–Crippen MR) is 280 cm³/mol. The van der Waals surface area contributed by atoms with Crippen LogP contribution in [-0.2, 0) is 33.2 Å². The lowest BCUT2D eigenvalue weighted by molar-refractivity contribution is -0.306. The fourth-order valence-electron chi connectivity index (χ4n) is 15.1. The first-order chi connectivity index (χ1) is 35.6. The van der Waals surface area contributed by atoms with Gasteiger partial charge in [0.15, 0.2) is 18.9 Å². The predicted octanol–water partition coefficient (Wildman–Crippen LogP) is -0.0182. The maximum absolute atomic E-state index is 13.3. The van der Waals surface area contributed by atoms with Crippen molar-refractivity contribution in [3.8, 4) is 0 Å². The number of allylic oxidation sites excluding steroid dienone is 1. The molecule has 75 heavy (non-hydrogen) atoms. The summed E-state index contributed by atoms with van der Waals surface area (Å²) < 4.78 is 42.9. The lowest BCUT2D eigenvalue weighted by Crippen LogP contribution is -2.68. The number of nitrogens with two attached hydrogens (primary N) is 6. The molecule has 19 N–H and O–H groups in total. The van der Waals surface area contributed by atoms with Crippen LogP contribution in [0.15, 0.2) is 11.6 Å². The number of carbonyl (C=O) groups excluding carboxylic acids is 1. The number of ether oxygens (including phenoxy) is 7. The van der Waals surface area contributed by atoms with Gasteiger partial charge in [0, 0.05) is 49.6 Å². The first kappa shape index (κ1) is 59.8. The third-order valence-corrected chi connectivity index (χ3v) is 20.6. The second-order valence-corrected chi connectivity index (χ2v) is 25.8. The summed E-state index contributed by atoms with van der Waals surface area (Å²) in [6.45, 7) is 12.3. The van der Waals surface area contributed by atoms with E-state index in [4.69, 9.17) is 67.6 Å². The van der Waals surface area contributed by atoms with E-state index in [-0.39, 0.29) is 43.3 Å². The molecule has 0 aromatic carbocycles. The SMILES string of the molecule is CC(C)CCC[C@@H](C)C1CCC2C3CC=C4CC(OC(=O)NCCSC[C@H]5O[C@@H](O[C@@H]6C(O)[C@H](N)CC(N)[C@@H]6O[C@@H]6OC(CN)[C@H](O)[C@H](O)C6N)C(O)[C@H]5O[C@H]5OC(CN)[C@@H](O)C(O)[C@H]5N)CC[C@]4(C)C3CC[C@@]21C. The van der Waals surface area contributed by atoms with Gasteiger partial charge in [0.05, 0.1) is 24.3 Å². The number of hydrogen-bond donors (Lipinski definition) is 13. The fourth-order valence-corrected chi connectivity index (χ4v) is 16.0. The van der Waals surface area contributed by atoms with Gasteiger partial charge in [-0.15, -0.1) is 0 Å². The standard InChI is InChI=1S/C53H95N7O14S/c1-24(2)7-6-8-25(3)29-11-12-30-28-10-9-26-19-27(13-15-52(26,4)31(28)14-16-53(29,30)5)68-51(67)60-17-18-75-23-36-46(73-49-38(59)43(65)41(63)35(22-55)70-49)44(66)50(71-36)74-47-39(61)32(56)20-33(57)45(47)72-48-37(58)42(64)40(62)34(21-54)69-48/h9,24-25,27-50,61-66H,6-8,10-23,54-59H2,1-5H3,(H,60,67)/t25-,27?,28?,29?,30?,31?,32-,33?,34?,35?,36-,37?,38-,39?,40+,41-,42-,43?,44?,45+,46+,47-,48+,49-,50+,52+,53-/m1/s1. The molecule has 432 valence electrons. The number of aliphatic hydroxyl groups excluding tert-OH is 6. The monoisotopic (exact) mass is 1090 g/mol. The van der Waals surface area contributed by atoms with E-state index in [1.807, 2.05) is 0 Å². The number of amides is 1. The van der Waals surface area contributed by atoms with Crippen LogP contribution in [0, 0.1) is 46.3 Å². The van der Waals surface area contributed by atoms with Crippen molar-refractivity contribution in [1.29, 1.82) is 0 Å². The van der Waals surface area contributed by atoms with Gasteiger partial charge in [0.25, 0.3) is 0 Å². The highest BCUT2D eigenvalue weighted by Crippen LogP contribution is 2.67. The van der Waals surface area contributed by atoms with E-state index in [1.165, 1.54) is 62.3 Å². The van der Waals surface area contributed by atoms with Gasteiger partial charge in [-0.1, -0.05) is 65.5 Å². The highest BCUT2D eigenvalue weighted by atomic mass is 32.2. The summed E-state index contributed by atoms with van der Waals surface area (Å²) in [6, 6.07) is -4.24. The molecule has 4 saturated carbocycles. The largest absolute Gasteiger partial charge is 0.446 e. The minimum absolute atomic E-state index is 0.0883.